The first-order chi connectivity index (χ1) is 13.0. The summed E-state index contributed by atoms with van der Waals surface area (Å²) < 4.78 is 0.873. The summed E-state index contributed by atoms with van der Waals surface area (Å²) in [6.07, 6.45) is 3.84. The topological polar surface area (TPSA) is 43.7 Å². The fourth-order valence-electron chi connectivity index (χ4n) is 9.23. The molecule has 4 nitrogen and oxygen atoms in total. The van der Waals surface area contributed by atoms with E-state index in [0.29, 0.717) is 35.9 Å². The van der Waals surface area contributed by atoms with Crippen molar-refractivity contribution < 1.29 is 14.7 Å². The van der Waals surface area contributed by atoms with Crippen LogP contribution in [-0.2, 0) is 5.41 Å². The van der Waals surface area contributed by atoms with Gasteiger partial charge in [0.15, 0.2) is 6.23 Å². The number of anilines is 1. The van der Waals surface area contributed by atoms with E-state index < -0.39 is 0 Å². The molecule has 0 amide bonds. The molecule has 0 radical (unpaired) electrons. The van der Waals surface area contributed by atoms with E-state index >= 15 is 0 Å². The van der Waals surface area contributed by atoms with Crippen molar-refractivity contribution in [3.8, 4) is 0 Å². The highest BCUT2D eigenvalue weighted by atomic mass is 16.3. The smallest absolute Gasteiger partial charge is 0.194 e. The summed E-state index contributed by atoms with van der Waals surface area (Å²) in [7, 11) is 2.23. The van der Waals surface area contributed by atoms with Gasteiger partial charge in [0.2, 0.25) is 0 Å². The Morgan fingerprint density at radius 3 is 2.70 bits per heavy atom. The van der Waals surface area contributed by atoms with Crippen LogP contribution in [0.2, 0.25) is 0 Å². The summed E-state index contributed by atoms with van der Waals surface area (Å²) in [5, 5.41) is 23.6. The Kier molecular flexibility index (Phi) is 3.17. The molecule has 5 fully saturated rings. The van der Waals surface area contributed by atoms with Crippen LogP contribution < -0.4 is 4.90 Å². The number of likely N-dealkylation sites (N-methyl/N-ethyl adjacent to an activating group) is 1. The number of quaternary nitrogens is 1. The van der Waals surface area contributed by atoms with Crippen LogP contribution >= 0.6 is 0 Å². The highest BCUT2D eigenvalue weighted by Crippen LogP contribution is 2.71. The summed E-state index contributed by atoms with van der Waals surface area (Å²) in [5.74, 6) is 1.18. The van der Waals surface area contributed by atoms with Gasteiger partial charge < -0.3 is 15.1 Å². The van der Waals surface area contributed by atoms with Gasteiger partial charge >= 0.3 is 0 Å². The van der Waals surface area contributed by atoms with E-state index in [-0.39, 0.29) is 17.7 Å². The van der Waals surface area contributed by atoms with E-state index in [9.17, 15) is 10.2 Å². The van der Waals surface area contributed by atoms with Crippen molar-refractivity contribution in [3.05, 3.63) is 29.8 Å². The first kappa shape index (κ1) is 16.8. The number of hydrogen-bond acceptors (Lipinski definition) is 3. The minimum Gasteiger partial charge on any atom is -0.392 e. The SMILES string of the molecule is CCC[N+]12[C@H](O)[C@@H](CC)C3C[C@H]1[C@@H]1N(C)c4ccccc4[C@]14C[C@H]2C3C4O. The van der Waals surface area contributed by atoms with Gasteiger partial charge in [-0.2, -0.15) is 0 Å². The quantitative estimate of drug-likeness (QED) is 0.805. The van der Waals surface area contributed by atoms with Crippen LogP contribution in [0.5, 0.6) is 0 Å². The van der Waals surface area contributed by atoms with E-state index in [1.165, 1.54) is 17.7 Å². The van der Waals surface area contributed by atoms with Crippen molar-refractivity contribution in [2.45, 2.75) is 75.4 Å². The summed E-state index contributed by atoms with van der Waals surface area (Å²) in [6.45, 7) is 5.56. The average molecular weight is 370 g/mol. The highest BCUT2D eigenvalue weighted by molar-refractivity contribution is 5.66. The van der Waals surface area contributed by atoms with E-state index in [4.69, 9.17) is 0 Å². The number of nitrogens with zero attached hydrogens (tertiary/aromatic N) is 2. The van der Waals surface area contributed by atoms with Gasteiger partial charge in [-0.1, -0.05) is 32.0 Å². The third kappa shape index (κ3) is 1.51. The van der Waals surface area contributed by atoms with Crippen LogP contribution in [0.15, 0.2) is 24.3 Å². The highest BCUT2D eigenvalue weighted by Gasteiger charge is 2.82. The molecule has 1 aromatic rings. The number of rotatable bonds is 3. The second kappa shape index (κ2) is 5.08. The Balaban J connectivity index is 1.62. The molecular weight excluding hydrogens is 336 g/mol. The van der Waals surface area contributed by atoms with Crippen molar-refractivity contribution in [2.24, 2.45) is 17.8 Å². The molecule has 5 aliphatic heterocycles. The average Bonchev–Trinajstić information content (AvgIpc) is 3.06. The predicted molar refractivity (Wildman–Crippen MR) is 105 cm³/mol. The van der Waals surface area contributed by atoms with Gasteiger partial charge in [0.1, 0.15) is 6.04 Å². The van der Waals surface area contributed by atoms with Crippen LogP contribution in [0.1, 0.15) is 45.1 Å². The lowest BCUT2D eigenvalue weighted by Crippen LogP contribution is -2.83. The Hall–Kier alpha value is -1.10. The maximum atomic E-state index is 11.9. The molecule has 7 rings (SSSR count). The summed E-state index contributed by atoms with van der Waals surface area (Å²) in [5.41, 5.74) is 2.56. The minimum absolute atomic E-state index is 0.127. The number of aliphatic hydroxyl groups is 2. The number of piperidine rings is 4. The molecule has 5 heterocycles. The molecule has 5 bridgehead atoms. The zero-order valence-electron chi connectivity index (χ0n) is 16.8. The van der Waals surface area contributed by atoms with Crippen molar-refractivity contribution in [1.82, 2.24) is 0 Å². The molecule has 10 atom stereocenters. The third-order valence-electron chi connectivity index (χ3n) is 9.73. The van der Waals surface area contributed by atoms with Crippen LogP contribution in [-0.4, -0.2) is 58.7 Å². The zero-order valence-corrected chi connectivity index (χ0v) is 16.8. The number of para-hydroxylation sites is 1. The fraction of sp³-hybridized carbons (Fsp3) is 0.739. The van der Waals surface area contributed by atoms with Crippen LogP contribution in [0.25, 0.3) is 0 Å². The molecule has 2 N–H and O–H groups in total. The van der Waals surface area contributed by atoms with Crippen LogP contribution in [0, 0.1) is 17.8 Å². The molecule has 0 aromatic heterocycles. The van der Waals surface area contributed by atoms with Gasteiger partial charge in [0.05, 0.1) is 30.1 Å². The lowest BCUT2D eigenvalue weighted by Gasteiger charge is -2.68. The molecule has 4 heteroatoms. The molecule has 6 aliphatic rings. The largest absolute Gasteiger partial charge is 0.392 e. The van der Waals surface area contributed by atoms with Crippen molar-refractivity contribution in [2.75, 3.05) is 18.5 Å². The predicted octanol–water partition coefficient (Wildman–Crippen LogP) is 2.48. The first-order valence-electron chi connectivity index (χ1n) is 11.1. The molecular formula is C23H33N2O2+. The molecule has 4 unspecified atom stereocenters. The second-order valence-electron chi connectivity index (χ2n) is 10.1. The third-order valence-corrected chi connectivity index (χ3v) is 9.73. The Labute approximate surface area is 162 Å². The number of aliphatic hydroxyl groups excluding tert-OH is 2. The molecule has 27 heavy (non-hydrogen) atoms. The maximum Gasteiger partial charge on any atom is 0.194 e. The maximum absolute atomic E-state index is 11.9. The summed E-state index contributed by atoms with van der Waals surface area (Å²) >= 11 is 0. The number of fused-ring (bicyclic) bond motifs is 2. The van der Waals surface area contributed by atoms with Gasteiger partial charge in [-0.25, -0.2) is 0 Å². The molecule has 1 aliphatic carbocycles. The summed E-state index contributed by atoms with van der Waals surface area (Å²) in [4.78, 5) is 2.48. The Morgan fingerprint density at radius 1 is 1.19 bits per heavy atom. The molecule has 1 aromatic carbocycles. The Morgan fingerprint density at radius 2 is 1.96 bits per heavy atom. The van der Waals surface area contributed by atoms with E-state index in [1.54, 1.807) is 0 Å². The van der Waals surface area contributed by atoms with Crippen LogP contribution in [0.3, 0.4) is 0 Å². The number of benzene rings is 1. The van der Waals surface area contributed by atoms with E-state index in [0.717, 1.165) is 30.3 Å². The van der Waals surface area contributed by atoms with Crippen molar-refractivity contribution >= 4 is 5.69 Å². The lowest BCUT2D eigenvalue weighted by molar-refractivity contribution is -1.04. The molecule has 1 saturated carbocycles. The number of hydrogen-bond donors (Lipinski definition) is 2. The lowest BCUT2D eigenvalue weighted by atomic mass is 9.60. The zero-order chi connectivity index (χ0) is 18.7. The second-order valence-corrected chi connectivity index (χ2v) is 10.1. The van der Waals surface area contributed by atoms with Crippen molar-refractivity contribution in [1.29, 1.82) is 0 Å². The standard InChI is InChI=1S/C23H33N2O2/c1-4-10-25-17-11-14(13(5-2)22(25)27)19-18(25)12-23(21(19)26)15-8-6-7-9-16(15)24(3)20(17)23/h6-9,13-14,17-22,26-27H,4-5,10-12H2,1-3H3/q+1/t13-,14?,17-,18-,19?,20-,21?,22+,23+,25?/m0/s1. The fourth-order valence-corrected chi connectivity index (χ4v) is 9.23. The van der Waals surface area contributed by atoms with E-state index in [1.807, 2.05) is 0 Å². The van der Waals surface area contributed by atoms with Gasteiger partial charge in [-0.3, -0.25) is 4.48 Å². The van der Waals surface area contributed by atoms with E-state index in [2.05, 4.69) is 50.1 Å². The van der Waals surface area contributed by atoms with Gasteiger partial charge in [-0.05, 0) is 30.4 Å². The molecule has 4 saturated heterocycles. The first-order valence-corrected chi connectivity index (χ1v) is 11.1. The Bertz CT molecular complexity index is 798. The van der Waals surface area contributed by atoms with Crippen LogP contribution in [0.4, 0.5) is 5.69 Å². The van der Waals surface area contributed by atoms with Crippen molar-refractivity contribution in [3.63, 3.8) is 0 Å². The minimum atomic E-state index is -0.271. The summed E-state index contributed by atoms with van der Waals surface area (Å²) in [6, 6.07) is 9.97. The molecule has 146 valence electrons. The van der Waals surface area contributed by atoms with Gasteiger partial charge in [0, 0.05) is 37.4 Å². The van der Waals surface area contributed by atoms with Gasteiger partial charge in [-0.15, -0.1) is 0 Å². The molecule has 1 spiro atoms. The van der Waals surface area contributed by atoms with Gasteiger partial charge in [0.25, 0.3) is 0 Å². The normalized spacial score (nSPS) is 53.7. The monoisotopic (exact) mass is 369 g/mol.